The summed E-state index contributed by atoms with van der Waals surface area (Å²) >= 11 is 0. The van der Waals surface area contributed by atoms with Crippen molar-refractivity contribution in [1.82, 2.24) is 25.0 Å². The first-order valence-corrected chi connectivity index (χ1v) is 7.39. The summed E-state index contributed by atoms with van der Waals surface area (Å²) in [6, 6.07) is 6.56. The molecule has 0 aliphatic carbocycles. The van der Waals surface area contributed by atoms with Gasteiger partial charge in [0.05, 0.1) is 11.0 Å². The summed E-state index contributed by atoms with van der Waals surface area (Å²) in [5.41, 5.74) is 0.640. The molecular weight excluding hydrogens is 323 g/mol. The molecule has 6 nitrogen and oxygen atoms in total. The Morgan fingerprint density at radius 1 is 1.25 bits per heavy atom. The van der Waals surface area contributed by atoms with Gasteiger partial charge in [-0.15, -0.1) is 0 Å². The number of rotatable bonds is 5. The lowest BCUT2D eigenvalue weighted by atomic mass is 10.2. The molecule has 3 aromatic rings. The molecule has 24 heavy (non-hydrogen) atoms. The lowest BCUT2D eigenvalue weighted by molar-refractivity contribution is -0.146. The van der Waals surface area contributed by atoms with Gasteiger partial charge in [-0.3, -0.25) is 0 Å². The van der Waals surface area contributed by atoms with Crippen molar-refractivity contribution in [2.24, 2.45) is 0 Å². The van der Waals surface area contributed by atoms with Crippen LogP contribution in [0, 0.1) is 0 Å². The van der Waals surface area contributed by atoms with E-state index >= 15 is 0 Å². The first kappa shape index (κ1) is 16.4. The maximum absolute atomic E-state index is 13.3. The van der Waals surface area contributed by atoms with Crippen molar-refractivity contribution in [2.45, 2.75) is 32.1 Å². The molecule has 3 rings (SSSR count). The molecule has 0 spiro atoms. The highest BCUT2D eigenvalue weighted by Crippen LogP contribution is 2.31. The van der Waals surface area contributed by atoms with E-state index in [9.17, 15) is 13.2 Å². The Hall–Kier alpha value is -2.42. The fourth-order valence-electron chi connectivity index (χ4n) is 2.40. The van der Waals surface area contributed by atoms with Crippen LogP contribution in [0.5, 0.6) is 0 Å². The molecule has 0 aliphatic heterocycles. The molecular formula is C15H16F3N5O. The predicted octanol–water partition coefficient (Wildman–Crippen LogP) is 2.64. The largest absolute Gasteiger partial charge is 0.449 e. The smallest absolute Gasteiger partial charge is 0.337 e. The molecule has 0 saturated heterocycles. The van der Waals surface area contributed by atoms with Gasteiger partial charge in [0.25, 0.3) is 0 Å². The third kappa shape index (κ3) is 3.25. The van der Waals surface area contributed by atoms with Crippen LogP contribution in [-0.2, 0) is 19.1 Å². The number of hydrogen-bond donors (Lipinski definition) is 1. The van der Waals surface area contributed by atoms with Gasteiger partial charge < -0.3 is 14.4 Å². The monoisotopic (exact) mass is 339 g/mol. The van der Waals surface area contributed by atoms with Crippen molar-refractivity contribution in [2.75, 3.05) is 7.05 Å². The van der Waals surface area contributed by atoms with Crippen LogP contribution in [0.15, 0.2) is 28.8 Å². The molecule has 0 saturated carbocycles. The summed E-state index contributed by atoms with van der Waals surface area (Å²) in [7, 11) is 1.80. The van der Waals surface area contributed by atoms with Gasteiger partial charge in [-0.2, -0.15) is 18.2 Å². The lowest BCUT2D eigenvalue weighted by Gasteiger charge is -2.09. The zero-order valence-electron chi connectivity index (χ0n) is 13.1. The first-order chi connectivity index (χ1) is 11.4. The molecule has 0 bridgehead atoms. The molecule has 1 aromatic carbocycles. The summed E-state index contributed by atoms with van der Waals surface area (Å²) in [6.45, 7) is 1.76. The van der Waals surface area contributed by atoms with Crippen LogP contribution in [0.25, 0.3) is 11.0 Å². The highest BCUT2D eigenvalue weighted by molar-refractivity contribution is 5.76. The third-order valence-electron chi connectivity index (χ3n) is 3.69. The number of imidazole rings is 1. The summed E-state index contributed by atoms with van der Waals surface area (Å²) in [5.74, 6) is -0.418. The van der Waals surface area contributed by atoms with E-state index in [0.29, 0.717) is 17.8 Å². The summed E-state index contributed by atoms with van der Waals surface area (Å²) in [4.78, 5) is 7.86. The molecule has 2 aromatic heterocycles. The normalized spacial score (nSPS) is 13.5. The molecule has 0 fully saturated rings. The van der Waals surface area contributed by atoms with Gasteiger partial charge >= 0.3 is 6.18 Å². The molecule has 1 N–H and O–H groups in total. The Balaban J connectivity index is 1.95. The van der Waals surface area contributed by atoms with Crippen LogP contribution in [-0.4, -0.2) is 32.8 Å². The third-order valence-corrected chi connectivity index (χ3v) is 3.69. The van der Waals surface area contributed by atoms with E-state index < -0.39 is 12.0 Å². The molecule has 1 unspecified atom stereocenters. The maximum Gasteiger partial charge on any atom is 0.449 e. The fourth-order valence-corrected chi connectivity index (χ4v) is 2.40. The minimum atomic E-state index is -4.57. The van der Waals surface area contributed by atoms with Crippen LogP contribution in [0.1, 0.15) is 24.5 Å². The van der Waals surface area contributed by atoms with Gasteiger partial charge in [-0.05, 0) is 26.1 Å². The molecule has 0 aliphatic rings. The number of para-hydroxylation sites is 2. The maximum atomic E-state index is 13.3. The van der Waals surface area contributed by atoms with Crippen molar-refractivity contribution in [3.05, 3.63) is 41.8 Å². The second kappa shape index (κ2) is 6.23. The number of hydrogen-bond acceptors (Lipinski definition) is 5. The Labute approximate surface area is 135 Å². The molecule has 128 valence electrons. The van der Waals surface area contributed by atoms with Gasteiger partial charge in [0.1, 0.15) is 6.54 Å². The predicted molar refractivity (Wildman–Crippen MR) is 80.4 cm³/mol. The zero-order chi connectivity index (χ0) is 17.3. The minimum absolute atomic E-state index is 0.113. The Morgan fingerprint density at radius 3 is 2.71 bits per heavy atom. The molecule has 9 heteroatoms. The van der Waals surface area contributed by atoms with Gasteiger partial charge in [0.15, 0.2) is 5.82 Å². The van der Waals surface area contributed by atoms with Crippen LogP contribution in [0.4, 0.5) is 13.2 Å². The highest BCUT2D eigenvalue weighted by atomic mass is 19.4. The first-order valence-electron chi connectivity index (χ1n) is 7.39. The molecule has 0 amide bonds. The van der Waals surface area contributed by atoms with E-state index in [4.69, 9.17) is 4.52 Å². The number of nitrogens with zero attached hydrogens (tertiary/aromatic N) is 4. The molecule has 2 heterocycles. The number of benzene rings is 1. The molecule has 0 radical (unpaired) electrons. The number of halogens is 3. The van der Waals surface area contributed by atoms with Crippen LogP contribution < -0.4 is 5.32 Å². The highest BCUT2D eigenvalue weighted by Gasteiger charge is 2.37. The van der Waals surface area contributed by atoms with Gasteiger partial charge in [-0.25, -0.2) is 4.98 Å². The summed E-state index contributed by atoms with van der Waals surface area (Å²) in [6.07, 6.45) is -4.04. The van der Waals surface area contributed by atoms with Gasteiger partial charge in [-0.1, -0.05) is 17.3 Å². The quantitative estimate of drug-likeness (QED) is 0.774. The van der Waals surface area contributed by atoms with E-state index in [1.165, 1.54) is 6.07 Å². The van der Waals surface area contributed by atoms with E-state index in [2.05, 4.69) is 20.4 Å². The Kier molecular flexibility index (Phi) is 4.27. The summed E-state index contributed by atoms with van der Waals surface area (Å²) < 4.78 is 45.9. The number of aromatic nitrogens is 4. The van der Waals surface area contributed by atoms with Crippen LogP contribution >= 0.6 is 0 Å². The van der Waals surface area contributed by atoms with Crippen molar-refractivity contribution < 1.29 is 17.7 Å². The zero-order valence-corrected chi connectivity index (χ0v) is 13.1. The Bertz CT molecular complexity index is 839. The van der Waals surface area contributed by atoms with Crippen molar-refractivity contribution in [1.29, 1.82) is 0 Å². The average Bonchev–Trinajstić information content (AvgIpc) is 3.12. The number of nitrogens with one attached hydrogen (secondary N) is 1. The number of likely N-dealkylation sites (N-methyl/N-ethyl adjacent to an activating group) is 1. The van der Waals surface area contributed by atoms with Crippen molar-refractivity contribution >= 4 is 11.0 Å². The second-order valence-corrected chi connectivity index (χ2v) is 5.51. The lowest BCUT2D eigenvalue weighted by Crippen LogP contribution is -2.24. The Morgan fingerprint density at radius 2 is 2.00 bits per heavy atom. The van der Waals surface area contributed by atoms with Gasteiger partial charge in [0.2, 0.25) is 11.7 Å². The molecule has 1 atom stereocenters. The summed E-state index contributed by atoms with van der Waals surface area (Å²) in [5, 5.41) is 6.85. The van der Waals surface area contributed by atoms with Crippen LogP contribution in [0.2, 0.25) is 0 Å². The minimum Gasteiger partial charge on any atom is -0.337 e. The van der Waals surface area contributed by atoms with E-state index in [1.807, 2.05) is 6.92 Å². The topological polar surface area (TPSA) is 68.8 Å². The SMILES string of the molecule is CNC(C)Cc1noc(Cn2c(C(F)(F)F)nc3ccccc32)n1. The standard InChI is InChI=1S/C15H16F3N5O/c1-9(19-2)7-12-21-13(24-22-12)8-23-11-6-4-3-5-10(11)20-14(23)15(16,17)18/h3-6,9,19H,7-8H2,1-2H3. The van der Waals surface area contributed by atoms with Crippen molar-refractivity contribution in [3.63, 3.8) is 0 Å². The second-order valence-electron chi connectivity index (χ2n) is 5.51. The average molecular weight is 339 g/mol. The van der Waals surface area contributed by atoms with E-state index in [-0.39, 0.29) is 24.0 Å². The van der Waals surface area contributed by atoms with Crippen molar-refractivity contribution in [3.8, 4) is 0 Å². The number of alkyl halides is 3. The van der Waals surface area contributed by atoms with E-state index in [0.717, 1.165) is 4.57 Å². The fraction of sp³-hybridized carbons (Fsp3) is 0.400. The van der Waals surface area contributed by atoms with E-state index in [1.54, 1.807) is 25.2 Å². The number of fused-ring (bicyclic) bond motifs is 1. The van der Waals surface area contributed by atoms with Crippen LogP contribution in [0.3, 0.4) is 0 Å². The van der Waals surface area contributed by atoms with Gasteiger partial charge in [0, 0.05) is 12.5 Å².